The van der Waals surface area contributed by atoms with Gasteiger partial charge in [0, 0.05) is 13.0 Å². The molecular formula is C20H42N2O. The molecule has 3 nitrogen and oxygen atoms in total. The van der Waals surface area contributed by atoms with Crippen molar-refractivity contribution >= 4 is 5.91 Å². The van der Waals surface area contributed by atoms with Gasteiger partial charge in [0.15, 0.2) is 0 Å². The Labute approximate surface area is 145 Å². The fourth-order valence-electron chi connectivity index (χ4n) is 2.82. The van der Waals surface area contributed by atoms with E-state index in [9.17, 15) is 4.79 Å². The zero-order chi connectivity index (χ0) is 17.2. The van der Waals surface area contributed by atoms with E-state index in [1.165, 1.54) is 64.2 Å². The molecule has 0 bridgehead atoms. The zero-order valence-corrected chi connectivity index (χ0v) is 16.2. The quantitative estimate of drug-likeness (QED) is 0.375. The van der Waals surface area contributed by atoms with Gasteiger partial charge in [-0.15, -0.1) is 0 Å². The number of hydrogen-bond acceptors (Lipinski definition) is 2. The van der Waals surface area contributed by atoms with Crippen molar-refractivity contribution in [2.24, 2.45) is 0 Å². The van der Waals surface area contributed by atoms with Crippen molar-refractivity contribution in [3.63, 3.8) is 0 Å². The van der Waals surface area contributed by atoms with Crippen LogP contribution in [0.5, 0.6) is 0 Å². The molecule has 0 aromatic carbocycles. The number of amides is 1. The Balaban J connectivity index is 3.14. The van der Waals surface area contributed by atoms with E-state index < -0.39 is 0 Å². The molecule has 0 fully saturated rings. The highest BCUT2D eigenvalue weighted by molar-refractivity contribution is 5.75. The fourth-order valence-corrected chi connectivity index (χ4v) is 2.82. The van der Waals surface area contributed by atoms with Crippen LogP contribution in [0.4, 0.5) is 0 Å². The molecule has 0 rings (SSSR count). The average Bonchev–Trinajstić information content (AvgIpc) is 2.52. The number of carbonyl (C=O) groups is 1. The summed E-state index contributed by atoms with van der Waals surface area (Å²) in [5, 5.41) is 3.03. The molecule has 0 unspecified atom stereocenters. The molecule has 0 spiro atoms. The lowest BCUT2D eigenvalue weighted by Crippen LogP contribution is -2.24. The Morgan fingerprint density at radius 1 is 0.739 bits per heavy atom. The summed E-state index contributed by atoms with van der Waals surface area (Å²) < 4.78 is 0. The van der Waals surface area contributed by atoms with E-state index in [0.717, 1.165) is 32.4 Å². The van der Waals surface area contributed by atoms with Gasteiger partial charge in [-0.1, -0.05) is 71.1 Å². The van der Waals surface area contributed by atoms with E-state index in [2.05, 4.69) is 31.2 Å². The predicted octanol–water partition coefficient (Wildman–Crippen LogP) is 5.15. The molecule has 0 aromatic rings. The van der Waals surface area contributed by atoms with Gasteiger partial charge in [0.05, 0.1) is 0 Å². The van der Waals surface area contributed by atoms with Crippen LogP contribution in [0, 0.1) is 0 Å². The summed E-state index contributed by atoms with van der Waals surface area (Å²) in [6, 6.07) is 0. The molecule has 23 heavy (non-hydrogen) atoms. The topological polar surface area (TPSA) is 32.3 Å². The zero-order valence-electron chi connectivity index (χ0n) is 16.2. The minimum absolute atomic E-state index is 0.241. The van der Waals surface area contributed by atoms with Gasteiger partial charge in [0.2, 0.25) is 5.91 Å². The van der Waals surface area contributed by atoms with Crippen molar-refractivity contribution in [3.8, 4) is 0 Å². The first-order valence-electron chi connectivity index (χ1n) is 10.1. The van der Waals surface area contributed by atoms with Crippen molar-refractivity contribution in [1.82, 2.24) is 10.2 Å². The van der Waals surface area contributed by atoms with E-state index in [4.69, 9.17) is 0 Å². The van der Waals surface area contributed by atoms with Gasteiger partial charge in [-0.25, -0.2) is 0 Å². The maximum Gasteiger partial charge on any atom is 0.219 e. The third-order valence-electron chi connectivity index (χ3n) is 4.36. The van der Waals surface area contributed by atoms with Crippen LogP contribution in [-0.4, -0.2) is 38.0 Å². The van der Waals surface area contributed by atoms with Crippen molar-refractivity contribution in [1.29, 1.82) is 0 Å². The second-order valence-electron chi connectivity index (χ2n) is 7.15. The molecule has 138 valence electrons. The summed E-state index contributed by atoms with van der Waals surface area (Å²) in [6.45, 7) is 4.21. The monoisotopic (exact) mass is 326 g/mol. The average molecular weight is 327 g/mol. The van der Waals surface area contributed by atoms with Crippen molar-refractivity contribution < 1.29 is 4.79 Å². The van der Waals surface area contributed by atoms with Crippen LogP contribution in [0.1, 0.15) is 96.8 Å². The molecule has 0 aliphatic heterocycles. The second kappa shape index (κ2) is 17.8. The lowest BCUT2D eigenvalue weighted by atomic mass is 10.1. The number of unbranched alkanes of at least 4 members (excludes halogenated alkanes) is 11. The fraction of sp³-hybridized carbons (Fsp3) is 0.950. The van der Waals surface area contributed by atoms with E-state index in [1.807, 2.05) is 0 Å². The van der Waals surface area contributed by atoms with Gasteiger partial charge < -0.3 is 10.2 Å². The number of hydrogen-bond donors (Lipinski definition) is 1. The molecule has 0 saturated heterocycles. The SMILES string of the molecule is CCCCCCCCCCCCCC(=O)NCCCCN(C)C. The second-order valence-corrected chi connectivity index (χ2v) is 7.15. The van der Waals surface area contributed by atoms with Crippen LogP contribution in [0.2, 0.25) is 0 Å². The van der Waals surface area contributed by atoms with Crippen LogP contribution in [0.3, 0.4) is 0 Å². The van der Waals surface area contributed by atoms with E-state index >= 15 is 0 Å². The molecule has 0 aromatic heterocycles. The van der Waals surface area contributed by atoms with Gasteiger partial charge in [0.25, 0.3) is 0 Å². The number of carbonyl (C=O) groups excluding carboxylic acids is 1. The normalized spacial score (nSPS) is 11.1. The Bertz CT molecular complexity index is 254. The maximum atomic E-state index is 11.7. The van der Waals surface area contributed by atoms with Crippen LogP contribution in [0.15, 0.2) is 0 Å². The lowest BCUT2D eigenvalue weighted by molar-refractivity contribution is -0.121. The smallest absolute Gasteiger partial charge is 0.219 e. The summed E-state index contributed by atoms with van der Waals surface area (Å²) in [4.78, 5) is 13.9. The molecule has 0 aliphatic rings. The van der Waals surface area contributed by atoms with Crippen LogP contribution in [0.25, 0.3) is 0 Å². The summed E-state index contributed by atoms with van der Waals surface area (Å²) in [5.41, 5.74) is 0. The number of rotatable bonds is 17. The van der Waals surface area contributed by atoms with E-state index in [0.29, 0.717) is 6.42 Å². The first-order chi connectivity index (χ1) is 11.2. The molecule has 1 N–H and O–H groups in total. The molecular weight excluding hydrogens is 284 g/mol. The van der Waals surface area contributed by atoms with Gasteiger partial charge in [-0.2, -0.15) is 0 Å². The Hall–Kier alpha value is -0.570. The van der Waals surface area contributed by atoms with Crippen molar-refractivity contribution in [3.05, 3.63) is 0 Å². The summed E-state index contributed by atoms with van der Waals surface area (Å²) >= 11 is 0. The molecule has 0 radical (unpaired) electrons. The molecule has 0 saturated carbocycles. The van der Waals surface area contributed by atoms with Gasteiger partial charge in [-0.3, -0.25) is 4.79 Å². The highest BCUT2D eigenvalue weighted by Gasteiger charge is 2.00. The maximum absolute atomic E-state index is 11.7. The standard InChI is InChI=1S/C20H42N2O/c1-4-5-6-7-8-9-10-11-12-13-14-17-20(23)21-18-15-16-19-22(2)3/h4-19H2,1-3H3,(H,21,23). The first kappa shape index (κ1) is 22.4. The lowest BCUT2D eigenvalue weighted by Gasteiger charge is -2.09. The van der Waals surface area contributed by atoms with Crippen LogP contribution in [-0.2, 0) is 4.79 Å². The molecule has 1 amide bonds. The largest absolute Gasteiger partial charge is 0.356 e. The highest BCUT2D eigenvalue weighted by Crippen LogP contribution is 2.11. The summed E-state index contributed by atoms with van der Waals surface area (Å²) in [7, 11) is 4.18. The summed E-state index contributed by atoms with van der Waals surface area (Å²) in [6.07, 6.45) is 17.6. The Morgan fingerprint density at radius 3 is 1.78 bits per heavy atom. The Kier molecular flexibility index (Phi) is 17.3. The molecule has 3 heteroatoms. The van der Waals surface area contributed by atoms with Crippen LogP contribution >= 0.6 is 0 Å². The van der Waals surface area contributed by atoms with Gasteiger partial charge in [-0.05, 0) is 39.9 Å². The van der Waals surface area contributed by atoms with E-state index in [-0.39, 0.29) is 5.91 Å². The minimum atomic E-state index is 0.241. The number of nitrogens with zero attached hydrogens (tertiary/aromatic N) is 1. The van der Waals surface area contributed by atoms with Crippen LogP contribution < -0.4 is 5.32 Å². The number of nitrogens with one attached hydrogen (secondary N) is 1. The molecule has 0 atom stereocenters. The van der Waals surface area contributed by atoms with Gasteiger partial charge in [0.1, 0.15) is 0 Å². The van der Waals surface area contributed by atoms with Gasteiger partial charge >= 0.3 is 0 Å². The third kappa shape index (κ3) is 19.4. The molecule has 0 heterocycles. The molecule has 0 aliphatic carbocycles. The Morgan fingerprint density at radius 2 is 1.26 bits per heavy atom. The third-order valence-corrected chi connectivity index (χ3v) is 4.36. The van der Waals surface area contributed by atoms with Crippen molar-refractivity contribution in [2.45, 2.75) is 96.8 Å². The van der Waals surface area contributed by atoms with Crippen molar-refractivity contribution in [2.75, 3.05) is 27.2 Å². The highest BCUT2D eigenvalue weighted by atomic mass is 16.1. The summed E-state index contributed by atoms with van der Waals surface area (Å²) in [5.74, 6) is 0.241. The minimum Gasteiger partial charge on any atom is -0.356 e. The predicted molar refractivity (Wildman–Crippen MR) is 102 cm³/mol. The van der Waals surface area contributed by atoms with E-state index in [1.54, 1.807) is 0 Å². The first-order valence-corrected chi connectivity index (χ1v) is 10.1.